The van der Waals surface area contributed by atoms with Crippen LogP contribution >= 0.6 is 0 Å². The quantitative estimate of drug-likeness (QED) is 0.426. The van der Waals surface area contributed by atoms with Crippen molar-refractivity contribution in [1.29, 1.82) is 0 Å². The summed E-state index contributed by atoms with van der Waals surface area (Å²) < 4.78 is 17.1. The molecule has 4 heterocycles. The number of carbonyl (C=O) groups excluding carboxylic acids is 1. The van der Waals surface area contributed by atoms with E-state index in [0.717, 1.165) is 11.3 Å². The van der Waals surface area contributed by atoms with Gasteiger partial charge in [-0.25, -0.2) is 14.4 Å². The normalized spacial score (nSPS) is 10.9. The number of anilines is 3. The van der Waals surface area contributed by atoms with Crippen molar-refractivity contribution in [2.75, 3.05) is 10.6 Å². The number of benzene rings is 1. The molecule has 0 aliphatic heterocycles. The lowest BCUT2D eigenvalue weighted by atomic mass is 10.2. The number of hydrogen-bond acceptors (Lipinski definition) is 5. The van der Waals surface area contributed by atoms with Crippen molar-refractivity contribution in [3.63, 3.8) is 0 Å². The lowest BCUT2D eigenvalue weighted by molar-refractivity contribution is 0.102. The second-order valence-corrected chi connectivity index (χ2v) is 7.11. The number of halogens is 1. The number of nitrogens with one attached hydrogen (secondary N) is 2. The first kappa shape index (κ1) is 19.4. The Hall–Kier alpha value is -4.53. The largest absolute Gasteiger partial charge is 0.339 e. The van der Waals surface area contributed by atoms with Gasteiger partial charge in [0.15, 0.2) is 0 Å². The van der Waals surface area contributed by atoms with Crippen molar-refractivity contribution in [2.45, 2.75) is 6.54 Å². The van der Waals surface area contributed by atoms with E-state index in [2.05, 4.69) is 25.7 Å². The molecule has 158 valence electrons. The lowest BCUT2D eigenvalue weighted by Gasteiger charge is -2.10. The second kappa shape index (κ2) is 8.31. The van der Waals surface area contributed by atoms with E-state index in [0.29, 0.717) is 29.3 Å². The van der Waals surface area contributed by atoms with Gasteiger partial charge < -0.3 is 15.0 Å². The minimum absolute atomic E-state index is 0.324. The fourth-order valence-corrected chi connectivity index (χ4v) is 3.33. The van der Waals surface area contributed by atoms with Gasteiger partial charge in [0.05, 0.1) is 29.7 Å². The number of aromatic nitrogens is 5. The van der Waals surface area contributed by atoms with Crippen LogP contribution in [0.25, 0.3) is 5.65 Å². The van der Waals surface area contributed by atoms with Gasteiger partial charge in [-0.1, -0.05) is 12.1 Å². The highest BCUT2D eigenvalue weighted by atomic mass is 19.1. The van der Waals surface area contributed by atoms with Crippen molar-refractivity contribution in [3.8, 4) is 0 Å². The van der Waals surface area contributed by atoms with Crippen LogP contribution in [0.5, 0.6) is 0 Å². The molecule has 0 radical (unpaired) electrons. The van der Waals surface area contributed by atoms with Gasteiger partial charge in [0.1, 0.15) is 17.3 Å². The summed E-state index contributed by atoms with van der Waals surface area (Å²) in [6.45, 7) is 0.469. The van der Waals surface area contributed by atoms with Gasteiger partial charge in [-0.15, -0.1) is 0 Å². The summed E-state index contributed by atoms with van der Waals surface area (Å²) >= 11 is 0. The molecule has 0 spiro atoms. The SMILES string of the molecule is O=C(Nc1cnn(Cc2cn3ccccc3n2)c1)c1cccnc1Nc1cccc(F)c1. The van der Waals surface area contributed by atoms with Gasteiger partial charge >= 0.3 is 0 Å². The first-order chi connectivity index (χ1) is 15.6. The van der Waals surface area contributed by atoms with Crippen LogP contribution in [-0.4, -0.2) is 30.1 Å². The number of amides is 1. The van der Waals surface area contributed by atoms with E-state index in [1.54, 1.807) is 47.5 Å². The molecular formula is C23H18FN7O. The first-order valence-corrected chi connectivity index (χ1v) is 9.88. The Labute approximate surface area is 182 Å². The zero-order chi connectivity index (χ0) is 21.9. The van der Waals surface area contributed by atoms with E-state index in [-0.39, 0.29) is 11.7 Å². The molecule has 0 saturated heterocycles. The molecule has 32 heavy (non-hydrogen) atoms. The molecule has 1 aromatic carbocycles. The average Bonchev–Trinajstić information content (AvgIpc) is 3.40. The Morgan fingerprint density at radius 1 is 1.03 bits per heavy atom. The highest BCUT2D eigenvalue weighted by molar-refractivity contribution is 6.07. The summed E-state index contributed by atoms with van der Waals surface area (Å²) in [4.78, 5) is 21.6. The minimum Gasteiger partial charge on any atom is -0.339 e. The maximum Gasteiger partial charge on any atom is 0.259 e. The van der Waals surface area contributed by atoms with Crippen molar-refractivity contribution < 1.29 is 9.18 Å². The van der Waals surface area contributed by atoms with E-state index in [1.807, 2.05) is 35.0 Å². The number of imidazole rings is 1. The molecule has 0 bridgehead atoms. The standard InChI is InChI=1S/C23H18FN7O/c24-16-5-3-6-17(11-16)28-22-20(7-4-9-25-22)23(32)29-18-12-26-31(14-18)15-19-13-30-10-2-1-8-21(30)27-19/h1-14H,15H2,(H,25,28)(H,29,32). The Balaban J connectivity index is 1.30. The monoisotopic (exact) mass is 427 g/mol. The third-order valence-corrected chi connectivity index (χ3v) is 4.77. The van der Waals surface area contributed by atoms with Crippen LogP contribution in [0.15, 0.2) is 85.6 Å². The predicted octanol–water partition coefficient (Wildman–Crippen LogP) is 4.11. The zero-order valence-corrected chi connectivity index (χ0v) is 16.8. The summed E-state index contributed by atoms with van der Waals surface area (Å²) in [5.41, 5.74) is 3.08. The number of nitrogens with zero attached hydrogens (tertiary/aromatic N) is 5. The molecule has 0 aliphatic rings. The van der Waals surface area contributed by atoms with E-state index >= 15 is 0 Å². The van der Waals surface area contributed by atoms with Gasteiger partial charge in [0, 0.05) is 30.5 Å². The van der Waals surface area contributed by atoms with E-state index < -0.39 is 0 Å². The molecule has 5 rings (SSSR count). The fraction of sp³-hybridized carbons (Fsp3) is 0.0435. The maximum atomic E-state index is 13.5. The maximum absolute atomic E-state index is 13.5. The third-order valence-electron chi connectivity index (χ3n) is 4.77. The molecule has 0 fully saturated rings. The summed E-state index contributed by atoms with van der Waals surface area (Å²) in [6, 6.07) is 15.1. The van der Waals surface area contributed by atoms with Crippen molar-refractivity contribution in [2.24, 2.45) is 0 Å². The fourth-order valence-electron chi connectivity index (χ4n) is 3.33. The van der Waals surface area contributed by atoms with Crippen LogP contribution in [-0.2, 0) is 6.54 Å². The molecule has 0 atom stereocenters. The van der Waals surface area contributed by atoms with Gasteiger partial charge in [-0.2, -0.15) is 5.10 Å². The van der Waals surface area contributed by atoms with Crippen LogP contribution in [0, 0.1) is 5.82 Å². The molecule has 9 heteroatoms. The van der Waals surface area contributed by atoms with Gasteiger partial charge in [0.2, 0.25) is 0 Å². The number of fused-ring (bicyclic) bond motifs is 1. The van der Waals surface area contributed by atoms with Crippen LogP contribution in [0.4, 0.5) is 21.6 Å². The first-order valence-electron chi connectivity index (χ1n) is 9.88. The summed E-state index contributed by atoms with van der Waals surface area (Å²) in [6.07, 6.45) is 8.74. The summed E-state index contributed by atoms with van der Waals surface area (Å²) in [5.74, 6) is -0.410. The Kier molecular flexibility index (Phi) is 5.04. The van der Waals surface area contributed by atoms with Gasteiger partial charge in [-0.05, 0) is 42.5 Å². The number of pyridine rings is 2. The smallest absolute Gasteiger partial charge is 0.259 e. The van der Waals surface area contributed by atoms with E-state index in [4.69, 9.17) is 0 Å². The zero-order valence-electron chi connectivity index (χ0n) is 16.8. The molecule has 1 amide bonds. The minimum atomic E-state index is -0.380. The number of hydrogen-bond donors (Lipinski definition) is 2. The molecule has 5 aromatic rings. The second-order valence-electron chi connectivity index (χ2n) is 7.11. The van der Waals surface area contributed by atoms with E-state index in [1.165, 1.54) is 12.1 Å². The number of carbonyl (C=O) groups is 1. The summed E-state index contributed by atoms with van der Waals surface area (Å²) in [5, 5.41) is 10.1. The van der Waals surface area contributed by atoms with Gasteiger partial charge in [0.25, 0.3) is 5.91 Å². The highest BCUT2D eigenvalue weighted by Gasteiger charge is 2.14. The predicted molar refractivity (Wildman–Crippen MR) is 118 cm³/mol. The Bertz CT molecular complexity index is 1380. The van der Waals surface area contributed by atoms with Crippen LogP contribution < -0.4 is 10.6 Å². The van der Waals surface area contributed by atoms with E-state index in [9.17, 15) is 9.18 Å². The highest BCUT2D eigenvalue weighted by Crippen LogP contribution is 2.20. The topological polar surface area (TPSA) is 89.1 Å². The lowest BCUT2D eigenvalue weighted by Crippen LogP contribution is -2.14. The molecule has 4 aromatic heterocycles. The van der Waals surface area contributed by atoms with Crippen LogP contribution in [0.3, 0.4) is 0 Å². The summed E-state index contributed by atoms with van der Waals surface area (Å²) in [7, 11) is 0. The Morgan fingerprint density at radius 2 is 1.97 bits per heavy atom. The molecule has 2 N–H and O–H groups in total. The molecule has 8 nitrogen and oxygen atoms in total. The van der Waals surface area contributed by atoms with Crippen LogP contribution in [0.2, 0.25) is 0 Å². The average molecular weight is 427 g/mol. The van der Waals surface area contributed by atoms with Gasteiger partial charge in [-0.3, -0.25) is 9.48 Å². The molecular weight excluding hydrogens is 409 g/mol. The molecule has 0 unspecified atom stereocenters. The Morgan fingerprint density at radius 3 is 2.84 bits per heavy atom. The third kappa shape index (κ3) is 4.17. The number of rotatable bonds is 6. The van der Waals surface area contributed by atoms with Crippen molar-refractivity contribution in [1.82, 2.24) is 24.1 Å². The molecule has 0 aliphatic carbocycles. The molecule has 0 saturated carbocycles. The van der Waals surface area contributed by atoms with Crippen LogP contribution in [0.1, 0.15) is 16.1 Å². The van der Waals surface area contributed by atoms with Crippen molar-refractivity contribution >= 4 is 28.7 Å². The van der Waals surface area contributed by atoms with Crippen molar-refractivity contribution in [3.05, 3.63) is 103 Å².